The van der Waals surface area contributed by atoms with Gasteiger partial charge < -0.3 is 14.6 Å². The third-order valence-corrected chi connectivity index (χ3v) is 6.71. The maximum Gasteiger partial charge on any atom is 0.269 e. The van der Waals surface area contributed by atoms with Gasteiger partial charge in [0.25, 0.3) is 5.69 Å². The van der Waals surface area contributed by atoms with E-state index in [4.69, 9.17) is 16.6 Å². The van der Waals surface area contributed by atoms with Crippen LogP contribution >= 0.6 is 12.2 Å². The normalized spacial score (nSPS) is 21.5. The van der Waals surface area contributed by atoms with Crippen molar-refractivity contribution in [2.45, 2.75) is 50.2 Å². The summed E-state index contributed by atoms with van der Waals surface area (Å²) in [5.74, 6) is 1.49. The first kappa shape index (κ1) is 20.6. The molecule has 164 valence electrons. The summed E-state index contributed by atoms with van der Waals surface area (Å²) >= 11 is 5.80. The van der Waals surface area contributed by atoms with E-state index in [1.54, 1.807) is 18.3 Å². The number of nitrogens with zero attached hydrogens (tertiary/aromatic N) is 3. The van der Waals surface area contributed by atoms with Crippen LogP contribution in [-0.2, 0) is 0 Å². The van der Waals surface area contributed by atoms with Crippen LogP contribution in [0.5, 0.6) is 0 Å². The van der Waals surface area contributed by atoms with E-state index in [0.29, 0.717) is 11.8 Å². The van der Waals surface area contributed by atoms with Gasteiger partial charge in [0.05, 0.1) is 16.7 Å². The van der Waals surface area contributed by atoms with Crippen molar-refractivity contribution < 1.29 is 9.34 Å². The largest absolute Gasteiger partial charge is 0.459 e. The number of nitro benzene ring substituents is 1. The first-order chi connectivity index (χ1) is 15.6. The molecule has 2 fully saturated rings. The molecule has 2 unspecified atom stereocenters. The Morgan fingerprint density at radius 1 is 1.06 bits per heavy atom. The highest BCUT2D eigenvalue weighted by atomic mass is 32.1. The van der Waals surface area contributed by atoms with Gasteiger partial charge >= 0.3 is 0 Å². The minimum atomic E-state index is -0.401. The lowest BCUT2D eigenvalue weighted by atomic mass is 9.92. The Bertz CT molecular complexity index is 1110. The first-order valence-electron chi connectivity index (χ1n) is 11.0. The number of non-ortho nitro benzene ring substituents is 1. The predicted octanol–water partition coefficient (Wildman–Crippen LogP) is 5.56. The third-order valence-electron chi connectivity index (χ3n) is 6.38. The van der Waals surface area contributed by atoms with Crippen LogP contribution in [0.15, 0.2) is 65.2 Å². The van der Waals surface area contributed by atoms with E-state index in [1.807, 2.05) is 30.3 Å². The van der Waals surface area contributed by atoms with Gasteiger partial charge in [-0.25, -0.2) is 0 Å². The number of nitro groups is 1. The van der Waals surface area contributed by atoms with Gasteiger partial charge in [-0.3, -0.25) is 15.1 Å². The average molecular weight is 449 g/mol. The lowest BCUT2D eigenvalue weighted by molar-refractivity contribution is -0.384. The van der Waals surface area contributed by atoms with Gasteiger partial charge in [-0.2, -0.15) is 0 Å². The fourth-order valence-corrected chi connectivity index (χ4v) is 5.23. The Hall–Kier alpha value is -3.26. The Balaban J connectivity index is 1.51. The molecule has 8 heteroatoms. The molecule has 2 atom stereocenters. The SMILES string of the molecule is O=[N+]([O-])c1ccc(-c2ccc(C3C(c4ccccn4)NC(=S)N3C3CCCCC3)o2)cc1. The summed E-state index contributed by atoms with van der Waals surface area (Å²) in [6.45, 7) is 0. The van der Waals surface area contributed by atoms with Crippen molar-refractivity contribution in [3.8, 4) is 11.3 Å². The maximum atomic E-state index is 11.0. The van der Waals surface area contributed by atoms with Crippen molar-refractivity contribution in [2.24, 2.45) is 0 Å². The van der Waals surface area contributed by atoms with E-state index in [1.165, 1.54) is 31.4 Å². The summed E-state index contributed by atoms with van der Waals surface area (Å²) in [7, 11) is 0. The molecule has 3 heterocycles. The fraction of sp³-hybridized carbons (Fsp3) is 0.333. The standard InChI is InChI=1S/C24H24N4O3S/c29-28(30)18-11-9-16(10-12-18)20-13-14-21(31-20)23-22(19-8-4-5-15-25-19)26-24(32)27(23)17-6-2-1-3-7-17/h4-5,8-15,17,22-23H,1-3,6-7H2,(H,26,32). The lowest BCUT2D eigenvalue weighted by Crippen LogP contribution is -2.40. The zero-order valence-corrected chi connectivity index (χ0v) is 18.3. The number of thiocarbonyl (C=S) groups is 1. The van der Waals surface area contributed by atoms with Crippen molar-refractivity contribution in [1.82, 2.24) is 15.2 Å². The molecule has 32 heavy (non-hydrogen) atoms. The van der Waals surface area contributed by atoms with Crippen LogP contribution in [0.2, 0.25) is 0 Å². The highest BCUT2D eigenvalue weighted by Crippen LogP contribution is 2.43. The second-order valence-corrected chi connectivity index (χ2v) is 8.72. The van der Waals surface area contributed by atoms with Crippen molar-refractivity contribution in [3.05, 3.63) is 82.4 Å². The van der Waals surface area contributed by atoms with E-state index >= 15 is 0 Å². The highest BCUT2D eigenvalue weighted by molar-refractivity contribution is 7.80. The Labute approximate surface area is 191 Å². The molecule has 3 aromatic rings. The lowest BCUT2D eigenvalue weighted by Gasteiger charge is -2.36. The Morgan fingerprint density at radius 2 is 1.84 bits per heavy atom. The second kappa shape index (κ2) is 8.70. The summed E-state index contributed by atoms with van der Waals surface area (Å²) in [4.78, 5) is 17.5. The number of benzene rings is 1. The van der Waals surface area contributed by atoms with Gasteiger partial charge in [-0.1, -0.05) is 25.3 Å². The van der Waals surface area contributed by atoms with E-state index in [-0.39, 0.29) is 17.8 Å². The first-order valence-corrected chi connectivity index (χ1v) is 11.4. The zero-order chi connectivity index (χ0) is 22.1. The molecule has 1 aromatic carbocycles. The van der Waals surface area contributed by atoms with Gasteiger partial charge in [-0.15, -0.1) is 0 Å². The Kier molecular flexibility index (Phi) is 5.61. The van der Waals surface area contributed by atoms with Crippen molar-refractivity contribution in [3.63, 3.8) is 0 Å². The van der Waals surface area contributed by atoms with Crippen LogP contribution in [0.25, 0.3) is 11.3 Å². The molecule has 0 spiro atoms. The molecule has 5 rings (SSSR count). The van der Waals surface area contributed by atoms with E-state index in [0.717, 1.165) is 35.0 Å². The van der Waals surface area contributed by atoms with Gasteiger partial charge in [0.15, 0.2) is 5.11 Å². The fourth-order valence-electron chi connectivity index (χ4n) is 4.84. The Morgan fingerprint density at radius 3 is 2.53 bits per heavy atom. The molecule has 0 radical (unpaired) electrons. The molecular weight excluding hydrogens is 424 g/mol. The second-order valence-electron chi connectivity index (χ2n) is 8.33. The number of pyridine rings is 1. The summed E-state index contributed by atoms with van der Waals surface area (Å²) in [5, 5.41) is 15.2. The third kappa shape index (κ3) is 3.86. The smallest absolute Gasteiger partial charge is 0.269 e. The van der Waals surface area contributed by atoms with Crippen LogP contribution in [0, 0.1) is 10.1 Å². The van der Waals surface area contributed by atoms with E-state index in [2.05, 4.69) is 15.2 Å². The highest BCUT2D eigenvalue weighted by Gasteiger charge is 2.44. The molecule has 1 saturated heterocycles. The van der Waals surface area contributed by atoms with E-state index in [9.17, 15) is 10.1 Å². The van der Waals surface area contributed by atoms with Crippen molar-refractivity contribution in [1.29, 1.82) is 0 Å². The molecule has 1 aliphatic carbocycles. The predicted molar refractivity (Wildman–Crippen MR) is 125 cm³/mol. The van der Waals surface area contributed by atoms with Crippen LogP contribution < -0.4 is 5.32 Å². The molecule has 0 amide bonds. The number of rotatable bonds is 5. The monoisotopic (exact) mass is 448 g/mol. The number of furan rings is 1. The molecule has 1 aliphatic heterocycles. The van der Waals surface area contributed by atoms with E-state index < -0.39 is 4.92 Å². The zero-order valence-electron chi connectivity index (χ0n) is 17.5. The average Bonchev–Trinajstić information content (AvgIpc) is 3.45. The van der Waals surface area contributed by atoms with Crippen molar-refractivity contribution in [2.75, 3.05) is 0 Å². The number of hydrogen-bond donors (Lipinski definition) is 1. The number of hydrogen-bond acceptors (Lipinski definition) is 5. The van der Waals surface area contributed by atoms with Gasteiger partial charge in [-0.05, 0) is 61.5 Å². The van der Waals surface area contributed by atoms with Crippen LogP contribution in [0.3, 0.4) is 0 Å². The summed E-state index contributed by atoms with van der Waals surface area (Å²) < 4.78 is 6.34. The number of nitrogens with one attached hydrogen (secondary N) is 1. The van der Waals surface area contributed by atoms with Crippen LogP contribution in [-0.4, -0.2) is 26.0 Å². The summed E-state index contributed by atoms with van der Waals surface area (Å²) in [6.07, 6.45) is 7.70. The summed E-state index contributed by atoms with van der Waals surface area (Å²) in [6, 6.07) is 16.4. The molecule has 1 N–H and O–H groups in total. The van der Waals surface area contributed by atoms with Crippen molar-refractivity contribution >= 4 is 23.0 Å². The molecule has 0 bridgehead atoms. The molecule has 7 nitrogen and oxygen atoms in total. The minimum absolute atomic E-state index is 0.0598. The minimum Gasteiger partial charge on any atom is -0.459 e. The molecule has 2 aliphatic rings. The molecule has 2 aromatic heterocycles. The van der Waals surface area contributed by atoms with Gasteiger partial charge in [0.1, 0.15) is 17.6 Å². The molecule has 1 saturated carbocycles. The van der Waals surface area contributed by atoms with Crippen LogP contribution in [0.4, 0.5) is 5.69 Å². The van der Waals surface area contributed by atoms with Gasteiger partial charge in [0, 0.05) is 29.9 Å². The topological polar surface area (TPSA) is 84.4 Å². The number of aromatic nitrogens is 1. The van der Waals surface area contributed by atoms with Gasteiger partial charge in [0.2, 0.25) is 0 Å². The quantitative estimate of drug-likeness (QED) is 0.311. The van der Waals surface area contributed by atoms with Crippen LogP contribution in [0.1, 0.15) is 55.6 Å². The summed E-state index contributed by atoms with van der Waals surface area (Å²) in [5.41, 5.74) is 1.78. The molecular formula is C24H24N4O3S. The maximum absolute atomic E-state index is 11.0.